The zero-order valence-corrected chi connectivity index (χ0v) is 16.3. The first-order chi connectivity index (χ1) is 14.0. The van der Waals surface area contributed by atoms with Crippen LogP contribution in [-0.2, 0) is 14.4 Å². The lowest BCUT2D eigenvalue weighted by atomic mass is 10.2. The van der Waals surface area contributed by atoms with E-state index in [0.29, 0.717) is 23.8 Å². The first-order valence-electron chi connectivity index (χ1n) is 9.31. The smallest absolute Gasteiger partial charge is 0.272 e. The molecule has 1 aliphatic heterocycles. The van der Waals surface area contributed by atoms with Gasteiger partial charge in [-0.15, -0.1) is 0 Å². The van der Waals surface area contributed by atoms with Gasteiger partial charge in [0.05, 0.1) is 18.7 Å². The average molecular weight is 397 g/mol. The van der Waals surface area contributed by atoms with Crippen molar-refractivity contribution in [1.82, 2.24) is 10.9 Å². The summed E-state index contributed by atoms with van der Waals surface area (Å²) in [7, 11) is 0. The highest BCUT2D eigenvalue weighted by Crippen LogP contribution is 2.25. The molecule has 0 bridgehead atoms. The van der Waals surface area contributed by atoms with E-state index >= 15 is 0 Å². The number of amides is 3. The number of anilines is 1. The van der Waals surface area contributed by atoms with Crippen LogP contribution < -0.4 is 25.2 Å². The second-order valence-corrected chi connectivity index (χ2v) is 6.55. The molecule has 2 aromatic rings. The number of ether oxygens (including phenoxy) is 2. The third-order valence-electron chi connectivity index (χ3n) is 4.30. The molecule has 1 saturated heterocycles. The summed E-state index contributed by atoms with van der Waals surface area (Å²) in [5, 5.41) is 0. The van der Waals surface area contributed by atoms with Crippen LogP contribution in [0.15, 0.2) is 48.5 Å². The van der Waals surface area contributed by atoms with E-state index < -0.39 is 17.9 Å². The molecule has 0 radical (unpaired) electrons. The summed E-state index contributed by atoms with van der Waals surface area (Å²) in [6, 6.07) is 13.2. The molecular weight excluding hydrogens is 374 g/mol. The summed E-state index contributed by atoms with van der Waals surface area (Å²) in [4.78, 5) is 37.9. The van der Waals surface area contributed by atoms with Gasteiger partial charge in [0.15, 0.2) is 6.61 Å². The molecule has 2 N–H and O–H groups in total. The molecule has 0 aromatic heterocycles. The fourth-order valence-corrected chi connectivity index (χ4v) is 2.93. The molecule has 1 fully saturated rings. The Labute approximate surface area is 168 Å². The average Bonchev–Trinajstić information content (AvgIpc) is 2.99. The molecule has 1 heterocycles. The summed E-state index contributed by atoms with van der Waals surface area (Å²) in [5.74, 6) is 0.00657. The molecule has 0 saturated carbocycles. The monoisotopic (exact) mass is 397 g/mol. The molecular formula is C21H23N3O5. The Hall–Kier alpha value is -3.39. The Kier molecular flexibility index (Phi) is 6.46. The minimum absolute atomic E-state index is 0.0505. The molecule has 2 aromatic carbocycles. The molecule has 8 nitrogen and oxygen atoms in total. The highest BCUT2D eigenvalue weighted by Gasteiger charge is 2.39. The number of carbonyl (C=O) groups excluding carboxylic acids is 3. The van der Waals surface area contributed by atoms with Crippen molar-refractivity contribution in [2.24, 2.45) is 0 Å². The van der Waals surface area contributed by atoms with Crippen LogP contribution in [0.3, 0.4) is 0 Å². The molecule has 1 unspecified atom stereocenters. The van der Waals surface area contributed by atoms with Gasteiger partial charge in [-0.05, 0) is 55.8 Å². The maximum absolute atomic E-state index is 12.6. The summed E-state index contributed by atoms with van der Waals surface area (Å²) in [5.41, 5.74) is 6.53. The van der Waals surface area contributed by atoms with Crippen LogP contribution in [0, 0.1) is 6.92 Å². The lowest BCUT2D eigenvalue weighted by Gasteiger charge is -2.16. The predicted octanol–water partition coefficient (Wildman–Crippen LogP) is 1.73. The number of nitrogens with zero attached hydrogens (tertiary/aromatic N) is 1. The molecule has 1 atom stereocenters. The molecule has 152 valence electrons. The number of carbonyl (C=O) groups is 3. The molecule has 3 amide bonds. The summed E-state index contributed by atoms with van der Waals surface area (Å²) >= 11 is 0. The van der Waals surface area contributed by atoms with Crippen LogP contribution in [0.4, 0.5) is 5.69 Å². The third-order valence-corrected chi connectivity index (χ3v) is 4.30. The number of hydrazine groups is 1. The maximum atomic E-state index is 12.6. The molecule has 0 aliphatic carbocycles. The zero-order valence-electron chi connectivity index (χ0n) is 16.3. The maximum Gasteiger partial charge on any atom is 0.272 e. The number of rotatable bonds is 8. The van der Waals surface area contributed by atoms with Gasteiger partial charge in [0.2, 0.25) is 5.91 Å². The van der Waals surface area contributed by atoms with Gasteiger partial charge in [0.1, 0.15) is 17.5 Å². The topological polar surface area (TPSA) is 97.0 Å². The number of benzene rings is 2. The van der Waals surface area contributed by atoms with Crippen molar-refractivity contribution in [3.63, 3.8) is 0 Å². The zero-order chi connectivity index (χ0) is 20.8. The second-order valence-electron chi connectivity index (χ2n) is 6.55. The third kappa shape index (κ3) is 5.11. The van der Waals surface area contributed by atoms with Crippen molar-refractivity contribution < 1.29 is 23.9 Å². The van der Waals surface area contributed by atoms with Gasteiger partial charge in [-0.1, -0.05) is 12.1 Å². The number of aryl methyl sites for hydroxylation is 1. The molecule has 29 heavy (non-hydrogen) atoms. The van der Waals surface area contributed by atoms with Gasteiger partial charge in [-0.25, -0.2) is 10.3 Å². The summed E-state index contributed by atoms with van der Waals surface area (Å²) < 4.78 is 10.8. The first kappa shape index (κ1) is 20.3. The Morgan fingerprint density at radius 2 is 1.86 bits per heavy atom. The SMILES string of the molecule is CCOc1ccc(N2C(=O)CC(NNC(=O)COc3cccc(C)c3)C2=O)cc1. The van der Waals surface area contributed by atoms with Crippen molar-refractivity contribution in [3.8, 4) is 11.5 Å². The van der Waals surface area contributed by atoms with Gasteiger partial charge in [-0.3, -0.25) is 19.8 Å². The van der Waals surface area contributed by atoms with Crippen molar-refractivity contribution in [3.05, 3.63) is 54.1 Å². The predicted molar refractivity (Wildman–Crippen MR) is 106 cm³/mol. The largest absolute Gasteiger partial charge is 0.494 e. The van der Waals surface area contributed by atoms with E-state index in [1.807, 2.05) is 32.0 Å². The molecule has 8 heteroatoms. The summed E-state index contributed by atoms with van der Waals surface area (Å²) in [6.07, 6.45) is -0.0505. The van der Waals surface area contributed by atoms with Crippen molar-refractivity contribution in [1.29, 1.82) is 0 Å². The van der Waals surface area contributed by atoms with Crippen LogP contribution in [0.25, 0.3) is 0 Å². The van der Waals surface area contributed by atoms with Gasteiger partial charge in [0, 0.05) is 0 Å². The fraction of sp³-hybridized carbons (Fsp3) is 0.286. The van der Waals surface area contributed by atoms with Crippen LogP contribution in [0.2, 0.25) is 0 Å². The van der Waals surface area contributed by atoms with E-state index in [1.54, 1.807) is 30.3 Å². The van der Waals surface area contributed by atoms with Crippen LogP contribution in [0.5, 0.6) is 11.5 Å². The number of hydrogen-bond acceptors (Lipinski definition) is 6. The van der Waals surface area contributed by atoms with E-state index in [0.717, 1.165) is 10.5 Å². The lowest BCUT2D eigenvalue weighted by molar-refractivity contribution is -0.125. The van der Waals surface area contributed by atoms with Crippen LogP contribution in [-0.4, -0.2) is 37.0 Å². The normalized spacial score (nSPS) is 16.1. The quantitative estimate of drug-likeness (QED) is 0.520. The Balaban J connectivity index is 1.52. The van der Waals surface area contributed by atoms with Crippen molar-refractivity contribution >= 4 is 23.4 Å². The van der Waals surface area contributed by atoms with Crippen LogP contribution >= 0.6 is 0 Å². The highest BCUT2D eigenvalue weighted by atomic mass is 16.5. The molecule has 1 aliphatic rings. The standard InChI is InChI=1S/C21H23N3O5/c1-3-28-16-9-7-15(8-10-16)24-20(26)12-18(21(24)27)22-23-19(25)13-29-17-6-4-5-14(2)11-17/h4-11,18,22H,3,12-13H2,1-2H3,(H,23,25). The van der Waals surface area contributed by atoms with Gasteiger partial charge in [-0.2, -0.15) is 0 Å². The molecule has 0 spiro atoms. The minimum atomic E-state index is -0.836. The van der Waals surface area contributed by atoms with Crippen molar-refractivity contribution in [2.45, 2.75) is 26.3 Å². The Morgan fingerprint density at radius 1 is 1.10 bits per heavy atom. The number of hydrogen-bond donors (Lipinski definition) is 2. The van der Waals surface area contributed by atoms with E-state index in [2.05, 4.69) is 10.9 Å². The lowest BCUT2D eigenvalue weighted by Crippen LogP contribution is -2.49. The van der Waals surface area contributed by atoms with E-state index in [9.17, 15) is 14.4 Å². The van der Waals surface area contributed by atoms with Gasteiger partial charge < -0.3 is 9.47 Å². The van der Waals surface area contributed by atoms with E-state index in [-0.39, 0.29) is 18.9 Å². The number of nitrogens with one attached hydrogen (secondary N) is 2. The van der Waals surface area contributed by atoms with Crippen molar-refractivity contribution in [2.75, 3.05) is 18.1 Å². The number of imide groups is 1. The Morgan fingerprint density at radius 3 is 2.55 bits per heavy atom. The summed E-state index contributed by atoms with van der Waals surface area (Å²) in [6.45, 7) is 4.11. The van der Waals surface area contributed by atoms with Gasteiger partial charge >= 0.3 is 0 Å². The highest BCUT2D eigenvalue weighted by molar-refractivity contribution is 6.22. The van der Waals surface area contributed by atoms with E-state index in [1.165, 1.54) is 0 Å². The molecule has 3 rings (SSSR count). The van der Waals surface area contributed by atoms with Gasteiger partial charge in [0.25, 0.3) is 11.8 Å². The minimum Gasteiger partial charge on any atom is -0.494 e. The second kappa shape index (κ2) is 9.20. The Bertz CT molecular complexity index is 897. The fourth-order valence-electron chi connectivity index (χ4n) is 2.93. The van der Waals surface area contributed by atoms with Crippen LogP contribution in [0.1, 0.15) is 18.9 Å². The first-order valence-corrected chi connectivity index (χ1v) is 9.31. The van der Waals surface area contributed by atoms with E-state index in [4.69, 9.17) is 9.47 Å².